The van der Waals surface area contributed by atoms with Gasteiger partial charge in [-0.2, -0.15) is 0 Å². The number of unbranched alkanes of at least 4 members (excludes halogenated alkanes) is 3. The van der Waals surface area contributed by atoms with Crippen LogP contribution in [0.4, 0.5) is 0 Å². The Hall–Kier alpha value is 0.0200. The van der Waals surface area contributed by atoms with Crippen molar-refractivity contribution in [1.29, 1.82) is 0 Å². The number of hydrogen-bond acceptors (Lipinski definition) is 2. The summed E-state index contributed by atoms with van der Waals surface area (Å²) in [6.07, 6.45) is 6.61. The van der Waals surface area contributed by atoms with Crippen LogP contribution in [-0.2, 0) is 0 Å². The van der Waals surface area contributed by atoms with Gasteiger partial charge in [0, 0.05) is 5.75 Å². The molecule has 0 fully saturated rings. The van der Waals surface area contributed by atoms with Crippen LogP contribution in [0.15, 0.2) is 4.99 Å². The van der Waals surface area contributed by atoms with Gasteiger partial charge >= 0.3 is 0 Å². The quantitative estimate of drug-likeness (QED) is 0.577. The lowest BCUT2D eigenvalue weighted by Crippen LogP contribution is -1.87. The third-order valence-corrected chi connectivity index (χ3v) is 2.73. The van der Waals surface area contributed by atoms with Gasteiger partial charge in [0.2, 0.25) is 0 Å². The lowest BCUT2D eigenvalue weighted by atomic mass is 10.2. The van der Waals surface area contributed by atoms with Crippen molar-refractivity contribution in [1.82, 2.24) is 0 Å². The predicted molar refractivity (Wildman–Crippen MR) is 53.0 cm³/mol. The summed E-state index contributed by atoms with van der Waals surface area (Å²) in [5.74, 6) is 2.18. The topological polar surface area (TPSA) is 12.4 Å². The maximum atomic E-state index is 4.36. The van der Waals surface area contributed by atoms with Crippen molar-refractivity contribution in [3.05, 3.63) is 5.75 Å². The molecule has 1 aliphatic rings. The lowest BCUT2D eigenvalue weighted by molar-refractivity contribution is 0.684. The standard InChI is InChI=1S/C9H16NS/c1-2-3-4-5-6-9-10-7-8-11-9/h8H,2-7H2,1H3. The second kappa shape index (κ2) is 5.64. The summed E-state index contributed by atoms with van der Waals surface area (Å²) >= 11 is 1.83. The van der Waals surface area contributed by atoms with E-state index >= 15 is 0 Å². The Kier molecular flexibility index (Phi) is 4.67. The third kappa shape index (κ3) is 3.80. The molecule has 0 bridgehead atoms. The molecule has 0 N–H and O–H groups in total. The van der Waals surface area contributed by atoms with Gasteiger partial charge in [-0.1, -0.05) is 26.2 Å². The van der Waals surface area contributed by atoms with Crippen LogP contribution in [0.1, 0.15) is 39.0 Å². The van der Waals surface area contributed by atoms with E-state index in [0.717, 1.165) is 6.54 Å². The number of thioether (sulfide) groups is 1. The number of nitrogens with zero attached hydrogens (tertiary/aromatic N) is 1. The van der Waals surface area contributed by atoms with Crippen molar-refractivity contribution in [2.24, 2.45) is 4.99 Å². The second-order valence-corrected chi connectivity index (χ2v) is 3.87. The highest BCUT2D eigenvalue weighted by Gasteiger charge is 2.05. The highest BCUT2D eigenvalue weighted by Crippen LogP contribution is 2.20. The fourth-order valence-corrected chi connectivity index (χ4v) is 1.90. The number of rotatable bonds is 5. The summed E-state index contributed by atoms with van der Waals surface area (Å²) in [6.45, 7) is 3.18. The highest BCUT2D eigenvalue weighted by molar-refractivity contribution is 8.15. The maximum absolute atomic E-state index is 4.36. The van der Waals surface area contributed by atoms with E-state index in [1.807, 2.05) is 11.8 Å². The van der Waals surface area contributed by atoms with Crippen LogP contribution >= 0.6 is 11.8 Å². The lowest BCUT2D eigenvalue weighted by Gasteiger charge is -1.97. The molecule has 0 unspecified atom stereocenters. The van der Waals surface area contributed by atoms with Gasteiger partial charge in [0.15, 0.2) is 0 Å². The van der Waals surface area contributed by atoms with Crippen molar-refractivity contribution in [2.45, 2.75) is 39.0 Å². The molecule has 1 aliphatic heterocycles. The number of hydrogen-bond donors (Lipinski definition) is 0. The fourth-order valence-electron chi connectivity index (χ4n) is 1.15. The minimum atomic E-state index is 0.938. The van der Waals surface area contributed by atoms with Crippen LogP contribution in [0.5, 0.6) is 0 Å². The molecule has 0 aliphatic carbocycles. The summed E-state index contributed by atoms with van der Waals surface area (Å²) in [5.41, 5.74) is 0. The van der Waals surface area contributed by atoms with E-state index in [0.29, 0.717) is 0 Å². The van der Waals surface area contributed by atoms with Gasteiger partial charge in [0.1, 0.15) is 0 Å². The second-order valence-electron chi connectivity index (χ2n) is 2.83. The fraction of sp³-hybridized carbons (Fsp3) is 0.778. The summed E-state index contributed by atoms with van der Waals surface area (Å²) in [4.78, 5) is 4.36. The molecule has 0 aromatic carbocycles. The molecule has 11 heavy (non-hydrogen) atoms. The molecule has 0 aromatic heterocycles. The van der Waals surface area contributed by atoms with E-state index in [4.69, 9.17) is 0 Å². The predicted octanol–water partition coefficient (Wildman–Crippen LogP) is 3.26. The van der Waals surface area contributed by atoms with Crippen LogP contribution in [-0.4, -0.2) is 11.6 Å². The Morgan fingerprint density at radius 3 is 3.00 bits per heavy atom. The Morgan fingerprint density at radius 2 is 2.36 bits per heavy atom. The summed E-state index contributed by atoms with van der Waals surface area (Å²) in [5, 5.41) is 1.35. The Morgan fingerprint density at radius 1 is 1.45 bits per heavy atom. The SMILES string of the molecule is CCCCCCC1=NC[CH]S1. The van der Waals surface area contributed by atoms with Gasteiger partial charge in [-0.15, -0.1) is 11.8 Å². The first-order valence-electron chi connectivity index (χ1n) is 4.45. The molecule has 63 valence electrons. The zero-order valence-corrected chi connectivity index (χ0v) is 7.99. The monoisotopic (exact) mass is 170 g/mol. The molecule has 0 amide bonds. The van der Waals surface area contributed by atoms with Crippen LogP contribution in [0, 0.1) is 5.75 Å². The van der Waals surface area contributed by atoms with Gasteiger partial charge < -0.3 is 0 Å². The summed E-state index contributed by atoms with van der Waals surface area (Å²) in [6, 6.07) is 0. The van der Waals surface area contributed by atoms with E-state index in [-0.39, 0.29) is 0 Å². The summed E-state index contributed by atoms with van der Waals surface area (Å²) < 4.78 is 0. The average Bonchev–Trinajstić information content (AvgIpc) is 2.50. The van der Waals surface area contributed by atoms with Crippen molar-refractivity contribution in [3.8, 4) is 0 Å². The Bertz CT molecular complexity index is 132. The van der Waals surface area contributed by atoms with Gasteiger partial charge in [-0.05, 0) is 12.8 Å². The highest BCUT2D eigenvalue weighted by atomic mass is 32.2. The van der Waals surface area contributed by atoms with Crippen molar-refractivity contribution in [2.75, 3.05) is 6.54 Å². The normalized spacial score (nSPS) is 17.0. The molecule has 1 radical (unpaired) electrons. The average molecular weight is 170 g/mol. The Balaban J connectivity index is 1.94. The molecular weight excluding hydrogens is 154 g/mol. The van der Waals surface area contributed by atoms with Crippen molar-refractivity contribution < 1.29 is 0 Å². The van der Waals surface area contributed by atoms with Gasteiger partial charge in [0.25, 0.3) is 0 Å². The first-order valence-corrected chi connectivity index (χ1v) is 5.33. The molecular formula is C9H16NS. The van der Waals surface area contributed by atoms with Crippen molar-refractivity contribution in [3.63, 3.8) is 0 Å². The van der Waals surface area contributed by atoms with Gasteiger partial charge in [-0.3, -0.25) is 4.99 Å². The van der Waals surface area contributed by atoms with E-state index in [1.54, 1.807) is 0 Å². The minimum absolute atomic E-state index is 0.938. The largest absolute Gasteiger partial charge is 0.282 e. The van der Waals surface area contributed by atoms with E-state index in [9.17, 15) is 0 Å². The number of aliphatic imine (C=N–C) groups is 1. The smallest absolute Gasteiger partial charge is 0.0680 e. The van der Waals surface area contributed by atoms with Gasteiger partial charge in [-0.25, -0.2) is 0 Å². The van der Waals surface area contributed by atoms with Crippen LogP contribution in [0.25, 0.3) is 0 Å². The summed E-state index contributed by atoms with van der Waals surface area (Å²) in [7, 11) is 0. The van der Waals surface area contributed by atoms with Crippen LogP contribution in [0.2, 0.25) is 0 Å². The Labute approximate surface area is 73.7 Å². The van der Waals surface area contributed by atoms with E-state index in [1.165, 1.54) is 37.1 Å². The van der Waals surface area contributed by atoms with Gasteiger partial charge in [0.05, 0.1) is 11.6 Å². The minimum Gasteiger partial charge on any atom is -0.282 e. The molecule has 1 rings (SSSR count). The molecule has 0 aromatic rings. The van der Waals surface area contributed by atoms with E-state index < -0.39 is 0 Å². The van der Waals surface area contributed by atoms with E-state index in [2.05, 4.69) is 17.7 Å². The first kappa shape index (κ1) is 9.11. The maximum Gasteiger partial charge on any atom is 0.0680 e. The van der Waals surface area contributed by atoms with Crippen LogP contribution < -0.4 is 0 Å². The van der Waals surface area contributed by atoms with Crippen LogP contribution in [0.3, 0.4) is 0 Å². The third-order valence-electron chi connectivity index (χ3n) is 1.81. The zero-order chi connectivity index (χ0) is 7.94. The molecule has 0 saturated carbocycles. The molecule has 1 heterocycles. The van der Waals surface area contributed by atoms with Crippen molar-refractivity contribution >= 4 is 16.8 Å². The molecule has 0 atom stereocenters. The molecule has 0 saturated heterocycles. The molecule has 1 nitrogen and oxygen atoms in total. The zero-order valence-electron chi connectivity index (χ0n) is 7.18. The molecule has 2 heteroatoms. The first-order chi connectivity index (χ1) is 5.43. The molecule has 0 spiro atoms.